The molecular weight excluding hydrogens is 418 g/mol. The first-order valence-corrected chi connectivity index (χ1v) is 12.7. The molecular formula is C22H33N3O5S. The van der Waals surface area contributed by atoms with Crippen molar-refractivity contribution in [2.45, 2.75) is 44.3 Å². The van der Waals surface area contributed by atoms with Crippen molar-refractivity contribution in [3.63, 3.8) is 0 Å². The molecule has 3 aliphatic rings. The minimum absolute atomic E-state index is 0.0432. The summed E-state index contributed by atoms with van der Waals surface area (Å²) in [4.78, 5) is 12.6. The van der Waals surface area contributed by atoms with Gasteiger partial charge in [0, 0.05) is 45.6 Å². The number of amides is 1. The van der Waals surface area contributed by atoms with E-state index in [1.807, 2.05) is 18.2 Å². The zero-order valence-electron chi connectivity index (χ0n) is 18.0. The summed E-state index contributed by atoms with van der Waals surface area (Å²) in [5.41, 5.74) is 1.25. The molecule has 31 heavy (non-hydrogen) atoms. The highest BCUT2D eigenvalue weighted by Crippen LogP contribution is 2.33. The Morgan fingerprint density at radius 3 is 2.48 bits per heavy atom. The van der Waals surface area contributed by atoms with Crippen molar-refractivity contribution < 1.29 is 22.7 Å². The summed E-state index contributed by atoms with van der Waals surface area (Å²) < 4.78 is 40.7. The summed E-state index contributed by atoms with van der Waals surface area (Å²) in [6.07, 6.45) is 4.30. The zero-order chi connectivity index (χ0) is 21.7. The highest BCUT2D eigenvalue weighted by Gasteiger charge is 2.44. The van der Waals surface area contributed by atoms with Crippen LogP contribution in [0.4, 0.5) is 0 Å². The summed E-state index contributed by atoms with van der Waals surface area (Å²) in [6, 6.07) is 10.2. The molecule has 1 spiro atoms. The van der Waals surface area contributed by atoms with Crippen LogP contribution in [0.2, 0.25) is 0 Å². The lowest BCUT2D eigenvalue weighted by Crippen LogP contribution is -2.54. The van der Waals surface area contributed by atoms with Crippen LogP contribution >= 0.6 is 0 Å². The van der Waals surface area contributed by atoms with Gasteiger partial charge in [-0.05, 0) is 31.2 Å². The largest absolute Gasteiger partial charge is 0.356 e. The van der Waals surface area contributed by atoms with Crippen LogP contribution in [0.3, 0.4) is 0 Å². The van der Waals surface area contributed by atoms with Crippen LogP contribution in [0.15, 0.2) is 30.3 Å². The molecule has 1 N–H and O–H groups in total. The third-order valence-electron chi connectivity index (χ3n) is 6.49. The average Bonchev–Trinajstić information content (AvgIpc) is 3.25. The Morgan fingerprint density at radius 2 is 1.77 bits per heavy atom. The van der Waals surface area contributed by atoms with Crippen LogP contribution in [0.1, 0.15) is 37.7 Å². The van der Waals surface area contributed by atoms with Crippen LogP contribution in [-0.4, -0.2) is 74.7 Å². The first kappa shape index (κ1) is 22.7. The van der Waals surface area contributed by atoms with Gasteiger partial charge in [0.1, 0.15) is 0 Å². The molecule has 0 radical (unpaired) electrons. The number of nitrogens with zero attached hydrogens (tertiary/aromatic N) is 2. The lowest BCUT2D eigenvalue weighted by molar-refractivity contribution is -0.179. The van der Waals surface area contributed by atoms with Gasteiger partial charge in [0.25, 0.3) is 10.2 Å². The second kappa shape index (κ2) is 9.95. The van der Waals surface area contributed by atoms with E-state index in [4.69, 9.17) is 9.47 Å². The number of hydrogen-bond donors (Lipinski definition) is 1. The lowest BCUT2D eigenvalue weighted by Gasteiger charge is -2.40. The predicted octanol–water partition coefficient (Wildman–Crippen LogP) is 1.53. The van der Waals surface area contributed by atoms with Gasteiger partial charge < -0.3 is 14.8 Å². The Bertz CT molecular complexity index is 832. The molecule has 3 saturated heterocycles. The van der Waals surface area contributed by atoms with Gasteiger partial charge in [-0.3, -0.25) is 4.79 Å². The number of ether oxygens (including phenoxy) is 2. The van der Waals surface area contributed by atoms with E-state index in [1.165, 1.54) is 14.2 Å². The molecule has 1 aromatic carbocycles. The molecule has 0 saturated carbocycles. The smallest absolute Gasteiger partial charge is 0.282 e. The van der Waals surface area contributed by atoms with Gasteiger partial charge in [-0.25, -0.2) is 0 Å². The van der Waals surface area contributed by atoms with E-state index in [1.54, 1.807) is 0 Å². The molecule has 4 rings (SSSR count). The standard InChI is InChI=1S/C22H33N3O5S/c26-21(23-12-4-8-19-6-2-1-3-7-19)20-9-5-13-25(18-20)31(27,28)24-14-10-22(11-15-24)29-16-17-30-22/h1-3,6-7,20H,4-5,8-18H2,(H,23,26). The van der Waals surface area contributed by atoms with Gasteiger partial charge in [-0.15, -0.1) is 0 Å². The monoisotopic (exact) mass is 451 g/mol. The number of carbonyl (C=O) groups excluding carboxylic acids is 1. The van der Waals surface area contributed by atoms with Crippen molar-refractivity contribution >= 4 is 16.1 Å². The molecule has 8 nitrogen and oxygen atoms in total. The summed E-state index contributed by atoms with van der Waals surface area (Å²) in [6.45, 7) is 3.23. The van der Waals surface area contributed by atoms with Crippen LogP contribution in [0, 0.1) is 5.92 Å². The summed E-state index contributed by atoms with van der Waals surface area (Å²) in [7, 11) is -3.58. The third-order valence-corrected chi connectivity index (χ3v) is 8.49. The van der Waals surface area contributed by atoms with Crippen molar-refractivity contribution in [3.05, 3.63) is 35.9 Å². The van der Waals surface area contributed by atoms with Crippen molar-refractivity contribution in [1.29, 1.82) is 0 Å². The van der Waals surface area contributed by atoms with Crippen LogP contribution in [-0.2, 0) is 30.9 Å². The maximum Gasteiger partial charge on any atom is 0.282 e. The number of aryl methyl sites for hydroxylation is 1. The Kier molecular flexibility index (Phi) is 7.28. The predicted molar refractivity (Wildman–Crippen MR) is 116 cm³/mol. The third kappa shape index (κ3) is 5.46. The zero-order valence-corrected chi connectivity index (χ0v) is 18.8. The van der Waals surface area contributed by atoms with Crippen molar-refractivity contribution in [2.24, 2.45) is 5.92 Å². The Hall–Kier alpha value is -1.52. The van der Waals surface area contributed by atoms with E-state index in [-0.39, 0.29) is 18.4 Å². The van der Waals surface area contributed by atoms with Crippen molar-refractivity contribution in [1.82, 2.24) is 13.9 Å². The molecule has 0 aromatic heterocycles. The molecule has 1 atom stereocenters. The molecule has 0 aliphatic carbocycles. The Morgan fingerprint density at radius 1 is 1.06 bits per heavy atom. The average molecular weight is 452 g/mol. The van der Waals surface area contributed by atoms with E-state index >= 15 is 0 Å². The summed E-state index contributed by atoms with van der Waals surface area (Å²) in [5.74, 6) is -0.938. The van der Waals surface area contributed by atoms with Crippen molar-refractivity contribution in [3.8, 4) is 0 Å². The van der Waals surface area contributed by atoms with E-state index in [0.29, 0.717) is 58.7 Å². The van der Waals surface area contributed by atoms with Gasteiger partial charge >= 0.3 is 0 Å². The van der Waals surface area contributed by atoms with E-state index in [9.17, 15) is 13.2 Å². The molecule has 1 unspecified atom stereocenters. The summed E-state index contributed by atoms with van der Waals surface area (Å²) >= 11 is 0. The number of benzene rings is 1. The number of rotatable bonds is 7. The van der Waals surface area contributed by atoms with E-state index < -0.39 is 16.0 Å². The molecule has 3 fully saturated rings. The van der Waals surface area contributed by atoms with Gasteiger partial charge in [-0.2, -0.15) is 17.0 Å². The fourth-order valence-electron chi connectivity index (χ4n) is 4.67. The van der Waals surface area contributed by atoms with Crippen LogP contribution in [0.25, 0.3) is 0 Å². The molecule has 3 aliphatic heterocycles. The maximum absolute atomic E-state index is 13.2. The number of carbonyl (C=O) groups is 1. The number of hydrogen-bond acceptors (Lipinski definition) is 5. The van der Waals surface area contributed by atoms with Gasteiger partial charge in [-0.1, -0.05) is 30.3 Å². The normalized spacial score (nSPS) is 25.0. The fraction of sp³-hybridized carbons (Fsp3) is 0.682. The molecule has 0 bridgehead atoms. The number of piperidine rings is 2. The van der Waals surface area contributed by atoms with Gasteiger partial charge in [0.05, 0.1) is 19.1 Å². The maximum atomic E-state index is 13.2. The molecule has 1 amide bonds. The first-order valence-electron chi connectivity index (χ1n) is 11.3. The highest BCUT2D eigenvalue weighted by atomic mass is 32.2. The fourth-order valence-corrected chi connectivity index (χ4v) is 6.36. The van der Waals surface area contributed by atoms with Crippen LogP contribution < -0.4 is 5.32 Å². The van der Waals surface area contributed by atoms with Gasteiger partial charge in [0.15, 0.2) is 5.79 Å². The quantitative estimate of drug-likeness (QED) is 0.636. The minimum Gasteiger partial charge on any atom is -0.356 e. The SMILES string of the molecule is O=C(NCCCc1ccccc1)C1CCCN(S(=O)(=O)N2CCC3(CC2)OCCO3)C1. The number of nitrogens with one attached hydrogen (secondary N) is 1. The first-order chi connectivity index (χ1) is 15.0. The second-order valence-corrected chi connectivity index (χ2v) is 10.5. The lowest BCUT2D eigenvalue weighted by atomic mass is 9.99. The minimum atomic E-state index is -3.58. The summed E-state index contributed by atoms with van der Waals surface area (Å²) in [5, 5.41) is 3.00. The highest BCUT2D eigenvalue weighted by molar-refractivity contribution is 7.86. The van der Waals surface area contributed by atoms with E-state index in [2.05, 4.69) is 17.4 Å². The Labute approximate surface area is 185 Å². The molecule has 172 valence electrons. The molecule has 9 heteroatoms. The molecule has 1 aromatic rings. The second-order valence-electron chi connectivity index (χ2n) is 8.59. The van der Waals surface area contributed by atoms with Gasteiger partial charge in [0.2, 0.25) is 5.91 Å². The Balaban J connectivity index is 1.25. The molecule has 3 heterocycles. The van der Waals surface area contributed by atoms with Crippen molar-refractivity contribution in [2.75, 3.05) is 45.9 Å². The van der Waals surface area contributed by atoms with E-state index in [0.717, 1.165) is 19.3 Å². The van der Waals surface area contributed by atoms with Crippen LogP contribution in [0.5, 0.6) is 0 Å². The topological polar surface area (TPSA) is 88.2 Å².